The van der Waals surface area contributed by atoms with Crippen molar-refractivity contribution in [1.29, 1.82) is 0 Å². The van der Waals surface area contributed by atoms with Crippen molar-refractivity contribution in [3.05, 3.63) is 63.5 Å². The van der Waals surface area contributed by atoms with Crippen LogP contribution in [0.1, 0.15) is 11.4 Å². The minimum atomic E-state index is -0.000106. The Hall–Kier alpha value is -1.79. The molecular formula is C16H16N2O2S2. The van der Waals surface area contributed by atoms with E-state index < -0.39 is 0 Å². The van der Waals surface area contributed by atoms with Crippen LogP contribution >= 0.6 is 23.1 Å². The van der Waals surface area contributed by atoms with Gasteiger partial charge in [0.05, 0.1) is 12.3 Å². The fourth-order valence-corrected chi connectivity index (χ4v) is 3.68. The Kier molecular flexibility index (Phi) is 4.80. The van der Waals surface area contributed by atoms with Crippen LogP contribution in [0.2, 0.25) is 0 Å². The van der Waals surface area contributed by atoms with E-state index in [-0.39, 0.29) is 5.56 Å². The molecule has 0 amide bonds. The van der Waals surface area contributed by atoms with Gasteiger partial charge in [0, 0.05) is 28.6 Å². The van der Waals surface area contributed by atoms with Gasteiger partial charge in [-0.3, -0.25) is 9.20 Å². The first-order chi connectivity index (χ1) is 10.7. The van der Waals surface area contributed by atoms with E-state index in [4.69, 9.17) is 4.74 Å². The average molecular weight is 332 g/mol. The Morgan fingerprint density at radius 2 is 2.14 bits per heavy atom. The Morgan fingerprint density at radius 3 is 2.95 bits per heavy atom. The van der Waals surface area contributed by atoms with Crippen LogP contribution in [-0.4, -0.2) is 21.7 Å². The summed E-state index contributed by atoms with van der Waals surface area (Å²) < 4.78 is 7.29. The van der Waals surface area contributed by atoms with Crippen LogP contribution in [0, 0.1) is 6.92 Å². The molecule has 0 aliphatic rings. The largest absolute Gasteiger partial charge is 0.493 e. The molecule has 0 N–H and O–H groups in total. The summed E-state index contributed by atoms with van der Waals surface area (Å²) in [6, 6.07) is 11.4. The van der Waals surface area contributed by atoms with Crippen molar-refractivity contribution >= 4 is 28.1 Å². The summed E-state index contributed by atoms with van der Waals surface area (Å²) in [6.45, 7) is 2.57. The minimum absolute atomic E-state index is 0.000106. The molecule has 3 aromatic rings. The summed E-state index contributed by atoms with van der Waals surface area (Å²) in [5, 5.41) is 1.95. The summed E-state index contributed by atoms with van der Waals surface area (Å²) in [7, 11) is 0. The van der Waals surface area contributed by atoms with Crippen LogP contribution in [-0.2, 0) is 5.75 Å². The molecule has 6 heteroatoms. The predicted molar refractivity (Wildman–Crippen MR) is 92.2 cm³/mol. The molecule has 22 heavy (non-hydrogen) atoms. The van der Waals surface area contributed by atoms with Crippen molar-refractivity contribution in [2.75, 3.05) is 12.4 Å². The van der Waals surface area contributed by atoms with Gasteiger partial charge in [-0.1, -0.05) is 18.2 Å². The highest BCUT2D eigenvalue weighted by atomic mass is 32.2. The van der Waals surface area contributed by atoms with Crippen molar-refractivity contribution in [3.63, 3.8) is 0 Å². The fraction of sp³-hybridized carbons (Fsp3) is 0.250. The van der Waals surface area contributed by atoms with E-state index in [1.165, 1.54) is 11.3 Å². The Morgan fingerprint density at radius 1 is 1.32 bits per heavy atom. The number of hydrogen-bond donors (Lipinski definition) is 0. The SMILES string of the molecule is Cc1csc2nc(CSCCOc3ccccc3)cc(=O)n12. The summed E-state index contributed by atoms with van der Waals surface area (Å²) >= 11 is 3.22. The molecule has 4 nitrogen and oxygen atoms in total. The number of benzene rings is 1. The number of thioether (sulfide) groups is 1. The van der Waals surface area contributed by atoms with Gasteiger partial charge in [0.1, 0.15) is 5.75 Å². The van der Waals surface area contributed by atoms with E-state index in [0.29, 0.717) is 6.61 Å². The van der Waals surface area contributed by atoms with E-state index in [1.54, 1.807) is 22.2 Å². The van der Waals surface area contributed by atoms with Crippen LogP contribution in [0.3, 0.4) is 0 Å². The van der Waals surface area contributed by atoms with E-state index in [1.807, 2.05) is 42.6 Å². The zero-order chi connectivity index (χ0) is 15.4. The molecule has 114 valence electrons. The van der Waals surface area contributed by atoms with Gasteiger partial charge in [-0.25, -0.2) is 4.98 Å². The van der Waals surface area contributed by atoms with Crippen LogP contribution in [0.15, 0.2) is 46.6 Å². The lowest BCUT2D eigenvalue weighted by molar-refractivity contribution is 0.344. The van der Waals surface area contributed by atoms with Gasteiger partial charge < -0.3 is 4.74 Å². The maximum Gasteiger partial charge on any atom is 0.258 e. The maximum atomic E-state index is 12.1. The third kappa shape index (κ3) is 3.51. The molecule has 0 unspecified atom stereocenters. The normalized spacial score (nSPS) is 11.0. The fourth-order valence-electron chi connectivity index (χ4n) is 2.09. The molecule has 0 saturated heterocycles. The number of fused-ring (bicyclic) bond motifs is 1. The topological polar surface area (TPSA) is 43.6 Å². The molecule has 0 aliphatic heterocycles. The lowest BCUT2D eigenvalue weighted by Crippen LogP contribution is -2.14. The monoisotopic (exact) mass is 332 g/mol. The van der Waals surface area contributed by atoms with Gasteiger partial charge in [0.15, 0.2) is 4.96 Å². The Labute approximate surface area is 136 Å². The van der Waals surface area contributed by atoms with Crippen molar-refractivity contribution in [1.82, 2.24) is 9.38 Å². The van der Waals surface area contributed by atoms with Gasteiger partial charge >= 0.3 is 0 Å². The highest BCUT2D eigenvalue weighted by molar-refractivity contribution is 7.98. The summed E-state index contributed by atoms with van der Waals surface area (Å²) in [5.41, 5.74) is 1.77. The number of aromatic nitrogens is 2. The van der Waals surface area contributed by atoms with Crippen LogP contribution in [0.4, 0.5) is 0 Å². The van der Waals surface area contributed by atoms with Crippen molar-refractivity contribution < 1.29 is 4.74 Å². The first-order valence-corrected chi connectivity index (χ1v) is 9.00. The quantitative estimate of drug-likeness (QED) is 0.649. The number of thiazole rings is 1. The van der Waals surface area contributed by atoms with Crippen LogP contribution in [0.5, 0.6) is 5.75 Å². The van der Waals surface area contributed by atoms with Crippen LogP contribution in [0.25, 0.3) is 4.96 Å². The lowest BCUT2D eigenvalue weighted by Gasteiger charge is -2.05. The molecule has 0 spiro atoms. The highest BCUT2D eigenvalue weighted by Crippen LogP contribution is 2.15. The number of rotatable bonds is 6. The van der Waals surface area contributed by atoms with E-state index in [9.17, 15) is 4.79 Å². The highest BCUT2D eigenvalue weighted by Gasteiger charge is 2.06. The first-order valence-electron chi connectivity index (χ1n) is 6.96. The summed E-state index contributed by atoms with van der Waals surface area (Å²) in [6.07, 6.45) is 0. The molecule has 0 atom stereocenters. The van der Waals surface area contributed by atoms with Crippen LogP contribution < -0.4 is 10.3 Å². The summed E-state index contributed by atoms with van der Waals surface area (Å²) in [5.74, 6) is 2.47. The van der Waals surface area contributed by atoms with Gasteiger partial charge in [-0.2, -0.15) is 11.8 Å². The van der Waals surface area contributed by atoms with Crippen molar-refractivity contribution in [3.8, 4) is 5.75 Å². The molecule has 1 aromatic carbocycles. The van der Waals surface area contributed by atoms with E-state index in [2.05, 4.69) is 4.98 Å². The molecule has 0 aliphatic carbocycles. The maximum absolute atomic E-state index is 12.1. The smallest absolute Gasteiger partial charge is 0.258 e. The predicted octanol–water partition coefficient (Wildman–Crippen LogP) is 3.38. The molecule has 2 heterocycles. The number of nitrogens with zero attached hydrogens (tertiary/aromatic N) is 2. The molecule has 0 saturated carbocycles. The molecule has 0 fully saturated rings. The second kappa shape index (κ2) is 6.98. The standard InChI is InChI=1S/C16H16N2O2S2/c1-12-10-22-16-17-13(9-15(19)18(12)16)11-21-8-7-20-14-5-3-2-4-6-14/h2-6,9-10H,7-8,11H2,1H3. The van der Waals surface area contributed by atoms with Crippen molar-refractivity contribution in [2.45, 2.75) is 12.7 Å². The number of aryl methyl sites for hydroxylation is 1. The van der Waals surface area contributed by atoms with E-state index >= 15 is 0 Å². The van der Waals surface area contributed by atoms with Gasteiger partial charge in [-0.15, -0.1) is 11.3 Å². The molecule has 3 rings (SSSR count). The third-order valence-corrected chi connectivity index (χ3v) is 5.02. The average Bonchev–Trinajstić information content (AvgIpc) is 2.90. The second-order valence-corrected chi connectivity index (χ2v) is 6.74. The third-order valence-electron chi connectivity index (χ3n) is 3.12. The first kappa shape index (κ1) is 15.1. The summed E-state index contributed by atoms with van der Waals surface area (Å²) in [4.78, 5) is 17.3. The molecule has 2 aromatic heterocycles. The zero-order valence-electron chi connectivity index (χ0n) is 12.2. The number of hydrogen-bond acceptors (Lipinski definition) is 5. The minimum Gasteiger partial charge on any atom is -0.493 e. The lowest BCUT2D eigenvalue weighted by atomic mass is 10.3. The van der Waals surface area contributed by atoms with Gasteiger partial charge in [0.2, 0.25) is 0 Å². The molecule has 0 bridgehead atoms. The number of para-hydroxylation sites is 1. The number of ether oxygens (including phenoxy) is 1. The molecule has 0 radical (unpaired) electrons. The van der Waals surface area contributed by atoms with Gasteiger partial charge in [0.25, 0.3) is 5.56 Å². The Balaban J connectivity index is 1.53. The molecular weight excluding hydrogens is 316 g/mol. The van der Waals surface area contributed by atoms with E-state index in [0.717, 1.165) is 33.6 Å². The zero-order valence-corrected chi connectivity index (χ0v) is 13.8. The van der Waals surface area contributed by atoms with Gasteiger partial charge in [-0.05, 0) is 19.1 Å². The second-order valence-electron chi connectivity index (χ2n) is 4.79. The Bertz CT molecular complexity index is 812. The van der Waals surface area contributed by atoms with Crippen molar-refractivity contribution in [2.24, 2.45) is 0 Å².